The summed E-state index contributed by atoms with van der Waals surface area (Å²) in [6.45, 7) is 1.59. The van der Waals surface area contributed by atoms with Crippen LogP contribution in [0, 0.1) is 0 Å². The second-order valence-electron chi connectivity index (χ2n) is 8.19. The molecular formula is C24H24N4O4. The minimum atomic E-state index is -0.743. The number of piperidine rings is 1. The molecule has 164 valence electrons. The Kier molecular flexibility index (Phi) is 5.34. The summed E-state index contributed by atoms with van der Waals surface area (Å²) in [7, 11) is 0. The minimum absolute atomic E-state index is 0.00372. The van der Waals surface area contributed by atoms with Crippen molar-refractivity contribution in [1.82, 2.24) is 15.1 Å². The lowest BCUT2D eigenvalue weighted by Crippen LogP contribution is -2.53. The number of benzene rings is 2. The van der Waals surface area contributed by atoms with Crippen LogP contribution in [0.25, 0.3) is 10.8 Å². The molecule has 32 heavy (non-hydrogen) atoms. The molecule has 1 N–H and O–H groups in total. The van der Waals surface area contributed by atoms with E-state index in [9.17, 15) is 14.4 Å². The molecule has 0 radical (unpaired) electrons. The second-order valence-corrected chi connectivity index (χ2v) is 8.19. The van der Waals surface area contributed by atoms with Crippen molar-refractivity contribution in [3.8, 4) is 5.75 Å². The Morgan fingerprint density at radius 2 is 1.72 bits per heavy atom. The summed E-state index contributed by atoms with van der Waals surface area (Å²) in [5.74, 6) is 0.230. The first kappa shape index (κ1) is 20.2. The monoisotopic (exact) mass is 432 g/mol. The van der Waals surface area contributed by atoms with Crippen LogP contribution in [0.1, 0.15) is 25.0 Å². The number of fused-ring (bicyclic) bond motifs is 2. The van der Waals surface area contributed by atoms with E-state index in [0.717, 1.165) is 32.4 Å². The number of likely N-dealkylation sites (tertiary alicyclic amines) is 1. The molecule has 0 saturated carbocycles. The number of ether oxygens (including phenoxy) is 1. The van der Waals surface area contributed by atoms with Gasteiger partial charge in [-0.15, -0.1) is 0 Å². The number of hydrogen-bond acceptors (Lipinski definition) is 5. The van der Waals surface area contributed by atoms with Crippen molar-refractivity contribution >= 4 is 28.3 Å². The van der Waals surface area contributed by atoms with Crippen LogP contribution in [0.3, 0.4) is 0 Å². The van der Waals surface area contributed by atoms with E-state index in [1.807, 2.05) is 29.2 Å². The van der Waals surface area contributed by atoms with E-state index < -0.39 is 6.10 Å². The van der Waals surface area contributed by atoms with E-state index in [0.29, 0.717) is 27.9 Å². The first-order valence-electron chi connectivity index (χ1n) is 10.9. The molecule has 1 atom stereocenters. The summed E-state index contributed by atoms with van der Waals surface area (Å²) in [5.41, 5.74) is 0.836. The van der Waals surface area contributed by atoms with Crippen molar-refractivity contribution in [2.75, 3.05) is 24.5 Å². The first-order valence-corrected chi connectivity index (χ1v) is 10.9. The molecule has 0 spiro atoms. The summed E-state index contributed by atoms with van der Waals surface area (Å²) >= 11 is 0. The maximum Gasteiger partial charge on any atom is 0.272 e. The Labute approximate surface area is 184 Å². The normalized spacial score (nSPS) is 18.2. The van der Waals surface area contributed by atoms with E-state index in [2.05, 4.69) is 10.2 Å². The molecule has 3 aromatic rings. The Morgan fingerprint density at radius 3 is 2.53 bits per heavy atom. The predicted molar refractivity (Wildman–Crippen MR) is 120 cm³/mol. The molecule has 2 aliphatic heterocycles. The third-order valence-electron chi connectivity index (χ3n) is 6.11. The van der Waals surface area contributed by atoms with Crippen LogP contribution in [0.2, 0.25) is 0 Å². The molecule has 2 aliphatic rings. The van der Waals surface area contributed by atoms with Crippen molar-refractivity contribution in [1.29, 1.82) is 0 Å². The zero-order chi connectivity index (χ0) is 22.1. The van der Waals surface area contributed by atoms with E-state index in [4.69, 9.17) is 4.74 Å². The molecule has 0 aliphatic carbocycles. The molecule has 1 unspecified atom stereocenters. The minimum Gasteiger partial charge on any atom is -0.476 e. The first-order chi connectivity index (χ1) is 15.6. The number of carbonyl (C=O) groups excluding carboxylic acids is 2. The van der Waals surface area contributed by atoms with Gasteiger partial charge in [0.2, 0.25) is 5.91 Å². The summed E-state index contributed by atoms with van der Waals surface area (Å²) in [6, 6.07) is 14.3. The lowest BCUT2D eigenvalue weighted by atomic mass is 10.1. The maximum atomic E-state index is 13.4. The summed E-state index contributed by atoms with van der Waals surface area (Å²) in [6.07, 6.45) is 2.36. The zero-order valence-electron chi connectivity index (χ0n) is 17.6. The number of nitrogens with one attached hydrogen (secondary N) is 1. The van der Waals surface area contributed by atoms with Crippen molar-refractivity contribution in [3.63, 3.8) is 0 Å². The van der Waals surface area contributed by atoms with Gasteiger partial charge in [0.25, 0.3) is 11.5 Å². The highest BCUT2D eigenvalue weighted by atomic mass is 16.5. The number of aromatic nitrogens is 2. The Hall–Kier alpha value is -3.68. The van der Waals surface area contributed by atoms with Crippen LogP contribution in [0.15, 0.2) is 53.3 Å². The van der Waals surface area contributed by atoms with Crippen LogP contribution in [0.4, 0.5) is 5.69 Å². The van der Waals surface area contributed by atoms with Crippen LogP contribution in [-0.2, 0) is 16.0 Å². The third kappa shape index (κ3) is 3.72. The van der Waals surface area contributed by atoms with Crippen molar-refractivity contribution in [2.24, 2.45) is 0 Å². The average Bonchev–Trinajstić information content (AvgIpc) is 2.85. The highest BCUT2D eigenvalue weighted by molar-refractivity contribution is 6.00. The average molecular weight is 432 g/mol. The van der Waals surface area contributed by atoms with Gasteiger partial charge in [-0.1, -0.05) is 30.3 Å². The quantitative estimate of drug-likeness (QED) is 0.685. The number of aromatic amines is 1. The number of hydrogen-bond donors (Lipinski definition) is 1. The van der Waals surface area contributed by atoms with E-state index in [-0.39, 0.29) is 30.3 Å². The molecule has 2 aromatic carbocycles. The Balaban J connectivity index is 1.44. The molecule has 0 bridgehead atoms. The number of H-pyrrole nitrogens is 1. The van der Waals surface area contributed by atoms with Gasteiger partial charge in [0, 0.05) is 18.5 Å². The molecule has 1 aromatic heterocycles. The SMILES string of the molecule is O=C(C1CN(C(=O)Cc2n[nH]c(=O)c3ccccc23)c2ccccc2O1)N1CCCCC1. The molecule has 5 rings (SSSR count). The smallest absolute Gasteiger partial charge is 0.272 e. The van der Waals surface area contributed by atoms with Crippen LogP contribution >= 0.6 is 0 Å². The molecule has 3 heterocycles. The number of nitrogens with zero attached hydrogens (tertiary/aromatic N) is 3. The lowest BCUT2D eigenvalue weighted by Gasteiger charge is -2.37. The van der Waals surface area contributed by atoms with Crippen molar-refractivity contribution in [2.45, 2.75) is 31.8 Å². The van der Waals surface area contributed by atoms with Crippen molar-refractivity contribution < 1.29 is 14.3 Å². The second kappa shape index (κ2) is 8.45. The number of carbonyl (C=O) groups is 2. The van der Waals surface area contributed by atoms with E-state index in [1.54, 1.807) is 29.2 Å². The van der Waals surface area contributed by atoms with Gasteiger partial charge in [-0.2, -0.15) is 5.10 Å². The topological polar surface area (TPSA) is 95.6 Å². The fourth-order valence-electron chi connectivity index (χ4n) is 4.46. The Morgan fingerprint density at radius 1 is 1.00 bits per heavy atom. The van der Waals surface area contributed by atoms with Gasteiger partial charge < -0.3 is 14.5 Å². The largest absolute Gasteiger partial charge is 0.476 e. The van der Waals surface area contributed by atoms with Crippen molar-refractivity contribution in [3.05, 3.63) is 64.6 Å². The molecule has 1 fully saturated rings. The molecule has 2 amide bonds. The highest BCUT2D eigenvalue weighted by Gasteiger charge is 2.36. The third-order valence-corrected chi connectivity index (χ3v) is 6.11. The van der Waals surface area contributed by atoms with Gasteiger partial charge in [0.1, 0.15) is 5.75 Å². The standard InChI is InChI=1S/C24H24N4O4/c29-22(14-18-16-8-2-3-9-17(16)23(30)26-25-18)28-15-21(24(31)27-12-6-1-7-13-27)32-20-11-5-4-10-19(20)28/h2-5,8-11,21H,1,6-7,12-15H2,(H,26,30). The Bertz CT molecular complexity index is 1230. The summed E-state index contributed by atoms with van der Waals surface area (Å²) < 4.78 is 6.02. The molecule has 1 saturated heterocycles. The van der Waals surface area contributed by atoms with Gasteiger partial charge in [0.15, 0.2) is 6.10 Å². The van der Waals surface area contributed by atoms with Crippen LogP contribution in [0.5, 0.6) is 5.75 Å². The van der Waals surface area contributed by atoms with E-state index in [1.165, 1.54) is 0 Å². The fraction of sp³-hybridized carbons (Fsp3) is 0.333. The van der Waals surface area contributed by atoms with Gasteiger partial charge in [0.05, 0.1) is 29.7 Å². The van der Waals surface area contributed by atoms with E-state index >= 15 is 0 Å². The molecule has 8 nitrogen and oxygen atoms in total. The number of amides is 2. The highest BCUT2D eigenvalue weighted by Crippen LogP contribution is 2.34. The predicted octanol–water partition coefficient (Wildman–Crippen LogP) is 2.27. The van der Waals surface area contributed by atoms with Gasteiger partial charge >= 0.3 is 0 Å². The fourth-order valence-corrected chi connectivity index (χ4v) is 4.46. The number of rotatable bonds is 3. The van der Waals surface area contributed by atoms with Crippen LogP contribution in [-0.4, -0.2) is 52.6 Å². The van der Waals surface area contributed by atoms with Crippen LogP contribution < -0.4 is 15.2 Å². The number of anilines is 1. The molecular weight excluding hydrogens is 408 g/mol. The summed E-state index contributed by atoms with van der Waals surface area (Å²) in [5, 5.41) is 7.75. The van der Waals surface area contributed by atoms with Gasteiger partial charge in [-0.25, -0.2) is 5.10 Å². The number of para-hydroxylation sites is 2. The molecule has 8 heteroatoms. The van der Waals surface area contributed by atoms with Gasteiger partial charge in [-0.3, -0.25) is 14.4 Å². The zero-order valence-corrected chi connectivity index (χ0v) is 17.6. The maximum absolute atomic E-state index is 13.4. The lowest BCUT2D eigenvalue weighted by molar-refractivity contribution is -0.139. The van der Waals surface area contributed by atoms with Gasteiger partial charge in [-0.05, 0) is 37.5 Å². The summed E-state index contributed by atoms with van der Waals surface area (Å²) in [4.78, 5) is 42.0.